The number of hydrogen-bond donors (Lipinski definition) is 0. The molecule has 0 saturated carbocycles. The molecule has 0 radical (unpaired) electrons. The van der Waals surface area contributed by atoms with Gasteiger partial charge in [-0.15, -0.1) is 0 Å². The number of carbonyl (C=O) groups excluding carboxylic acids is 1. The number of ketones is 1. The average Bonchev–Trinajstić information content (AvgIpc) is 2.28. The topological polar surface area (TPSA) is 17.1 Å². The third kappa shape index (κ3) is 3.35. The summed E-state index contributed by atoms with van der Waals surface area (Å²) >= 11 is 15.2. The van der Waals surface area contributed by atoms with E-state index in [4.69, 9.17) is 23.2 Å². The van der Waals surface area contributed by atoms with Crippen LogP contribution in [0.25, 0.3) is 0 Å². The number of Topliss-reactive ketones (excluding diaryl/α,β-unsaturated/α-hetero) is 1. The van der Waals surface area contributed by atoms with Gasteiger partial charge in [0.05, 0.1) is 5.02 Å². The summed E-state index contributed by atoms with van der Waals surface area (Å²) in [5, 5.41) is 0.918. The van der Waals surface area contributed by atoms with Crippen molar-refractivity contribution in [3.8, 4) is 0 Å². The van der Waals surface area contributed by atoms with Crippen LogP contribution in [0.2, 0.25) is 10.0 Å². The Labute approximate surface area is 124 Å². The summed E-state index contributed by atoms with van der Waals surface area (Å²) in [4.78, 5) is 12.1. The summed E-state index contributed by atoms with van der Waals surface area (Å²) < 4.78 is 0.954. The number of benzene rings is 2. The first-order valence-corrected chi connectivity index (χ1v) is 6.84. The highest BCUT2D eigenvalue weighted by atomic mass is 79.9. The van der Waals surface area contributed by atoms with Gasteiger partial charge in [0.25, 0.3) is 0 Å². The molecule has 2 rings (SSSR count). The van der Waals surface area contributed by atoms with Crippen molar-refractivity contribution in [3.05, 3.63) is 68.1 Å². The molecule has 0 aromatic heterocycles. The molecule has 0 aliphatic heterocycles. The second kappa shape index (κ2) is 5.87. The van der Waals surface area contributed by atoms with Gasteiger partial charge in [-0.2, -0.15) is 0 Å². The van der Waals surface area contributed by atoms with Crippen molar-refractivity contribution in [2.75, 3.05) is 0 Å². The lowest BCUT2D eigenvalue weighted by molar-refractivity contribution is 0.0993. The average molecular weight is 344 g/mol. The van der Waals surface area contributed by atoms with Crippen LogP contribution in [0.1, 0.15) is 15.9 Å². The zero-order valence-electron chi connectivity index (χ0n) is 9.29. The van der Waals surface area contributed by atoms with E-state index >= 15 is 0 Å². The molecular formula is C14H9BrCl2O. The smallest absolute Gasteiger partial charge is 0.168 e. The van der Waals surface area contributed by atoms with E-state index < -0.39 is 0 Å². The lowest BCUT2D eigenvalue weighted by Gasteiger charge is -2.04. The van der Waals surface area contributed by atoms with Gasteiger partial charge in [0.1, 0.15) is 0 Å². The maximum Gasteiger partial charge on any atom is 0.168 e. The Hall–Kier alpha value is -0.830. The molecule has 0 bridgehead atoms. The molecule has 0 atom stereocenters. The molecule has 18 heavy (non-hydrogen) atoms. The van der Waals surface area contributed by atoms with E-state index in [1.54, 1.807) is 18.2 Å². The molecule has 2 aromatic rings. The predicted octanol–water partition coefficient (Wildman–Crippen LogP) is 5.18. The number of carbonyl (C=O) groups is 1. The number of hydrogen-bond acceptors (Lipinski definition) is 1. The summed E-state index contributed by atoms with van der Waals surface area (Å²) in [6.07, 6.45) is 0.320. The fourth-order valence-corrected chi connectivity index (χ4v) is 2.60. The van der Waals surface area contributed by atoms with Crippen LogP contribution in [-0.4, -0.2) is 5.78 Å². The third-order valence-electron chi connectivity index (χ3n) is 2.49. The van der Waals surface area contributed by atoms with Gasteiger partial charge in [-0.05, 0) is 35.9 Å². The first-order chi connectivity index (χ1) is 8.56. The Kier molecular flexibility index (Phi) is 4.44. The molecule has 0 heterocycles. The zero-order chi connectivity index (χ0) is 13.1. The Balaban J connectivity index is 2.22. The molecule has 2 aromatic carbocycles. The van der Waals surface area contributed by atoms with Crippen molar-refractivity contribution in [2.24, 2.45) is 0 Å². The van der Waals surface area contributed by atoms with Crippen LogP contribution in [0.5, 0.6) is 0 Å². The van der Waals surface area contributed by atoms with Crippen molar-refractivity contribution < 1.29 is 4.79 Å². The summed E-state index contributed by atoms with van der Waals surface area (Å²) in [5.74, 6) is -0.0187. The van der Waals surface area contributed by atoms with Gasteiger partial charge in [0, 0.05) is 21.5 Å². The Morgan fingerprint density at radius 2 is 1.89 bits per heavy atom. The third-order valence-corrected chi connectivity index (χ3v) is 3.53. The van der Waals surface area contributed by atoms with E-state index in [-0.39, 0.29) is 5.78 Å². The van der Waals surface area contributed by atoms with Crippen molar-refractivity contribution in [3.63, 3.8) is 0 Å². The molecule has 0 saturated heterocycles. The molecule has 4 heteroatoms. The fourth-order valence-electron chi connectivity index (χ4n) is 1.64. The van der Waals surface area contributed by atoms with E-state index in [0.717, 1.165) is 10.0 Å². The second-order valence-electron chi connectivity index (χ2n) is 3.85. The lowest BCUT2D eigenvalue weighted by atomic mass is 10.0. The number of rotatable bonds is 3. The van der Waals surface area contributed by atoms with Gasteiger partial charge in [0.15, 0.2) is 5.78 Å². The first kappa shape index (κ1) is 13.6. The fraction of sp³-hybridized carbons (Fsp3) is 0.0714. The van der Waals surface area contributed by atoms with Gasteiger partial charge in [-0.3, -0.25) is 4.79 Å². The van der Waals surface area contributed by atoms with Crippen LogP contribution in [-0.2, 0) is 6.42 Å². The Morgan fingerprint density at radius 3 is 2.56 bits per heavy atom. The van der Waals surface area contributed by atoms with Crippen LogP contribution in [0, 0.1) is 0 Å². The van der Waals surface area contributed by atoms with E-state index in [1.165, 1.54) is 0 Å². The minimum absolute atomic E-state index is 0.0187. The maximum absolute atomic E-state index is 12.1. The van der Waals surface area contributed by atoms with Gasteiger partial charge in [-0.25, -0.2) is 0 Å². The van der Waals surface area contributed by atoms with Crippen LogP contribution >= 0.6 is 39.1 Å². The van der Waals surface area contributed by atoms with Crippen LogP contribution < -0.4 is 0 Å². The maximum atomic E-state index is 12.1. The van der Waals surface area contributed by atoms with E-state index in [2.05, 4.69) is 15.9 Å². The molecule has 0 aliphatic carbocycles. The quantitative estimate of drug-likeness (QED) is 0.701. The predicted molar refractivity (Wildman–Crippen MR) is 78.6 cm³/mol. The van der Waals surface area contributed by atoms with Crippen LogP contribution in [0.4, 0.5) is 0 Å². The van der Waals surface area contributed by atoms with Crippen molar-refractivity contribution in [2.45, 2.75) is 6.42 Å². The second-order valence-corrected chi connectivity index (χ2v) is 5.61. The molecule has 0 spiro atoms. The minimum Gasteiger partial charge on any atom is -0.294 e. The summed E-state index contributed by atoms with van der Waals surface area (Å²) in [6, 6.07) is 12.6. The summed E-state index contributed by atoms with van der Waals surface area (Å²) in [5.41, 5.74) is 1.45. The zero-order valence-corrected chi connectivity index (χ0v) is 12.4. The molecule has 92 valence electrons. The standard InChI is InChI=1S/C14H9BrCl2O/c15-10-3-1-2-9(6-10)7-14(18)12-5-4-11(16)8-13(12)17/h1-6,8H,7H2. The largest absolute Gasteiger partial charge is 0.294 e. The monoisotopic (exact) mass is 342 g/mol. The highest BCUT2D eigenvalue weighted by Gasteiger charge is 2.11. The van der Waals surface area contributed by atoms with Crippen molar-refractivity contribution in [1.29, 1.82) is 0 Å². The van der Waals surface area contributed by atoms with Crippen LogP contribution in [0.15, 0.2) is 46.9 Å². The van der Waals surface area contributed by atoms with Gasteiger partial charge < -0.3 is 0 Å². The van der Waals surface area contributed by atoms with E-state index in [0.29, 0.717) is 22.0 Å². The molecule has 0 fully saturated rings. The first-order valence-electron chi connectivity index (χ1n) is 5.29. The summed E-state index contributed by atoms with van der Waals surface area (Å²) in [7, 11) is 0. The lowest BCUT2D eigenvalue weighted by Crippen LogP contribution is -2.04. The minimum atomic E-state index is -0.0187. The Bertz CT molecular complexity index is 596. The summed E-state index contributed by atoms with van der Waals surface area (Å²) in [6.45, 7) is 0. The van der Waals surface area contributed by atoms with Gasteiger partial charge in [-0.1, -0.05) is 51.3 Å². The molecule has 0 unspecified atom stereocenters. The van der Waals surface area contributed by atoms with E-state index in [1.807, 2.05) is 24.3 Å². The highest BCUT2D eigenvalue weighted by Crippen LogP contribution is 2.23. The molecule has 0 aliphatic rings. The van der Waals surface area contributed by atoms with Gasteiger partial charge in [0.2, 0.25) is 0 Å². The number of halogens is 3. The highest BCUT2D eigenvalue weighted by molar-refractivity contribution is 9.10. The molecular weight excluding hydrogens is 335 g/mol. The van der Waals surface area contributed by atoms with Crippen molar-refractivity contribution in [1.82, 2.24) is 0 Å². The van der Waals surface area contributed by atoms with Crippen molar-refractivity contribution >= 4 is 44.9 Å². The van der Waals surface area contributed by atoms with Crippen LogP contribution in [0.3, 0.4) is 0 Å². The molecule has 0 amide bonds. The normalized spacial score (nSPS) is 10.4. The van der Waals surface area contributed by atoms with Gasteiger partial charge >= 0.3 is 0 Å². The molecule has 1 nitrogen and oxygen atoms in total. The Morgan fingerprint density at radius 1 is 1.11 bits per heavy atom. The SMILES string of the molecule is O=C(Cc1cccc(Br)c1)c1ccc(Cl)cc1Cl. The van der Waals surface area contributed by atoms with E-state index in [9.17, 15) is 4.79 Å². The molecule has 0 N–H and O–H groups in total.